The first-order valence-corrected chi connectivity index (χ1v) is 7.73. The van der Waals surface area contributed by atoms with Crippen LogP contribution in [0.15, 0.2) is 41.5 Å². The Bertz CT molecular complexity index is 676. The number of hydrogen-bond donors (Lipinski definition) is 1. The molecule has 2 fully saturated rings. The van der Waals surface area contributed by atoms with Crippen LogP contribution in [0, 0.1) is 0 Å². The van der Waals surface area contributed by atoms with Crippen LogP contribution in [0.2, 0.25) is 0 Å². The lowest BCUT2D eigenvalue weighted by Crippen LogP contribution is -2.36. The summed E-state index contributed by atoms with van der Waals surface area (Å²) in [5.41, 5.74) is 0.332. The number of nitrogens with zero attached hydrogens (tertiary/aromatic N) is 3. The lowest BCUT2D eigenvalue weighted by molar-refractivity contribution is 0.0125. The minimum absolute atomic E-state index is 0.00188. The molecule has 4 heterocycles. The third kappa shape index (κ3) is 2.79. The first-order valence-electron chi connectivity index (χ1n) is 7.73. The van der Waals surface area contributed by atoms with Crippen LogP contribution in [-0.2, 0) is 4.74 Å². The number of carbonyl (C=O) groups is 1. The standard InChI is InChI=1S/C16H18N4O3/c21-14(12-2-7-22-9-12)20-6-3-16(11-20)8-13(10-23-16)19-15-17-4-1-5-18-15/h1-2,4-5,7,9,13H,3,6,8,10-11H2,(H,17,18,19)/t13-,16+/m1/s1. The van der Waals surface area contributed by atoms with Gasteiger partial charge < -0.3 is 19.4 Å². The summed E-state index contributed by atoms with van der Waals surface area (Å²) in [7, 11) is 0. The van der Waals surface area contributed by atoms with E-state index in [0.29, 0.717) is 31.2 Å². The van der Waals surface area contributed by atoms with E-state index in [2.05, 4.69) is 15.3 Å². The molecule has 0 radical (unpaired) electrons. The third-order valence-electron chi connectivity index (χ3n) is 4.48. The number of aromatic nitrogens is 2. The predicted octanol–water partition coefficient (Wildman–Crippen LogP) is 1.56. The fourth-order valence-electron chi connectivity index (χ4n) is 3.36. The number of ether oxygens (including phenoxy) is 1. The molecule has 7 heteroatoms. The Kier molecular flexibility index (Phi) is 3.49. The van der Waals surface area contributed by atoms with E-state index in [-0.39, 0.29) is 17.6 Å². The molecule has 2 aromatic heterocycles. The minimum Gasteiger partial charge on any atom is -0.472 e. The number of nitrogens with one attached hydrogen (secondary N) is 1. The molecule has 2 atom stereocenters. The molecule has 0 aliphatic carbocycles. The Morgan fingerprint density at radius 1 is 1.39 bits per heavy atom. The van der Waals surface area contributed by atoms with Crippen molar-refractivity contribution in [2.45, 2.75) is 24.5 Å². The van der Waals surface area contributed by atoms with Gasteiger partial charge in [0.1, 0.15) is 6.26 Å². The highest BCUT2D eigenvalue weighted by atomic mass is 16.5. The van der Waals surface area contributed by atoms with Crippen molar-refractivity contribution >= 4 is 11.9 Å². The van der Waals surface area contributed by atoms with Crippen molar-refractivity contribution < 1.29 is 13.9 Å². The van der Waals surface area contributed by atoms with Crippen molar-refractivity contribution in [2.75, 3.05) is 25.0 Å². The largest absolute Gasteiger partial charge is 0.472 e. The van der Waals surface area contributed by atoms with Gasteiger partial charge in [-0.2, -0.15) is 0 Å². The van der Waals surface area contributed by atoms with Crippen LogP contribution in [0.1, 0.15) is 23.2 Å². The Hall–Kier alpha value is -2.41. The third-order valence-corrected chi connectivity index (χ3v) is 4.48. The summed E-state index contributed by atoms with van der Waals surface area (Å²) in [5, 5.41) is 3.30. The van der Waals surface area contributed by atoms with Crippen molar-refractivity contribution in [3.8, 4) is 0 Å². The SMILES string of the molecule is O=C(c1ccoc1)N1CC[C@]2(C[C@@H](Nc3ncccn3)CO2)C1. The molecule has 2 aliphatic heterocycles. The molecular formula is C16H18N4O3. The Morgan fingerprint density at radius 2 is 2.26 bits per heavy atom. The zero-order valence-corrected chi connectivity index (χ0v) is 12.6. The highest BCUT2D eigenvalue weighted by Gasteiger charge is 2.47. The number of likely N-dealkylation sites (tertiary alicyclic amines) is 1. The van der Waals surface area contributed by atoms with E-state index in [1.807, 2.05) is 4.90 Å². The first kappa shape index (κ1) is 14.2. The number of rotatable bonds is 3. The van der Waals surface area contributed by atoms with Gasteiger partial charge in [0, 0.05) is 25.4 Å². The molecule has 0 unspecified atom stereocenters. The Morgan fingerprint density at radius 3 is 3.04 bits per heavy atom. The number of furan rings is 1. The molecule has 2 saturated heterocycles. The molecule has 1 amide bonds. The van der Waals surface area contributed by atoms with Crippen molar-refractivity contribution in [1.29, 1.82) is 0 Å². The van der Waals surface area contributed by atoms with E-state index in [9.17, 15) is 4.79 Å². The predicted molar refractivity (Wildman–Crippen MR) is 82.0 cm³/mol. The highest BCUT2D eigenvalue weighted by Crippen LogP contribution is 2.36. The highest BCUT2D eigenvalue weighted by molar-refractivity contribution is 5.94. The molecule has 2 aromatic rings. The molecule has 4 rings (SSSR count). The summed E-state index contributed by atoms with van der Waals surface area (Å²) in [6.45, 7) is 1.93. The second kappa shape index (κ2) is 5.66. The maximum atomic E-state index is 12.4. The van der Waals surface area contributed by atoms with Gasteiger partial charge in [-0.05, 0) is 18.6 Å². The van der Waals surface area contributed by atoms with Crippen LogP contribution in [0.4, 0.5) is 5.95 Å². The fourth-order valence-corrected chi connectivity index (χ4v) is 3.36. The van der Waals surface area contributed by atoms with Crippen LogP contribution in [0.25, 0.3) is 0 Å². The minimum atomic E-state index is -0.258. The van der Waals surface area contributed by atoms with E-state index in [1.165, 1.54) is 12.5 Å². The quantitative estimate of drug-likeness (QED) is 0.926. The second-order valence-corrected chi connectivity index (χ2v) is 6.10. The number of anilines is 1. The van der Waals surface area contributed by atoms with E-state index < -0.39 is 0 Å². The van der Waals surface area contributed by atoms with Crippen LogP contribution in [-0.4, -0.2) is 52.1 Å². The fraction of sp³-hybridized carbons (Fsp3) is 0.438. The smallest absolute Gasteiger partial charge is 0.257 e. The van der Waals surface area contributed by atoms with E-state index in [4.69, 9.17) is 9.15 Å². The van der Waals surface area contributed by atoms with Crippen molar-refractivity contribution in [3.05, 3.63) is 42.6 Å². The van der Waals surface area contributed by atoms with Gasteiger partial charge in [0.25, 0.3) is 5.91 Å². The summed E-state index contributed by atoms with van der Waals surface area (Å²) in [6, 6.07) is 3.65. The molecular weight excluding hydrogens is 296 g/mol. The van der Waals surface area contributed by atoms with Crippen molar-refractivity contribution in [1.82, 2.24) is 14.9 Å². The maximum absolute atomic E-state index is 12.4. The summed E-state index contributed by atoms with van der Waals surface area (Å²) in [4.78, 5) is 22.6. The normalized spacial score (nSPS) is 26.8. The van der Waals surface area contributed by atoms with Gasteiger partial charge in [-0.1, -0.05) is 0 Å². The number of carbonyl (C=O) groups excluding carboxylic acids is 1. The average Bonchev–Trinajstić information content (AvgIpc) is 3.31. The zero-order valence-electron chi connectivity index (χ0n) is 12.6. The monoisotopic (exact) mass is 314 g/mol. The molecule has 1 spiro atoms. The van der Waals surface area contributed by atoms with Gasteiger partial charge in [-0.25, -0.2) is 9.97 Å². The topological polar surface area (TPSA) is 80.5 Å². The summed E-state index contributed by atoms with van der Waals surface area (Å²) in [6.07, 6.45) is 8.12. The van der Waals surface area contributed by atoms with E-state index >= 15 is 0 Å². The first-order chi connectivity index (χ1) is 11.2. The van der Waals surface area contributed by atoms with Crippen molar-refractivity contribution in [3.63, 3.8) is 0 Å². The van der Waals surface area contributed by atoms with Crippen LogP contribution < -0.4 is 5.32 Å². The lowest BCUT2D eigenvalue weighted by Gasteiger charge is -2.23. The lowest BCUT2D eigenvalue weighted by atomic mass is 9.97. The maximum Gasteiger partial charge on any atom is 0.257 e. The molecule has 23 heavy (non-hydrogen) atoms. The van der Waals surface area contributed by atoms with Gasteiger partial charge in [0.2, 0.25) is 5.95 Å². The average molecular weight is 314 g/mol. The number of amides is 1. The van der Waals surface area contributed by atoms with Crippen LogP contribution in [0.5, 0.6) is 0 Å². The van der Waals surface area contributed by atoms with E-state index in [0.717, 1.165) is 12.8 Å². The summed E-state index contributed by atoms with van der Waals surface area (Å²) < 4.78 is 11.0. The van der Waals surface area contributed by atoms with Gasteiger partial charge in [-0.3, -0.25) is 4.79 Å². The van der Waals surface area contributed by atoms with Crippen molar-refractivity contribution in [2.24, 2.45) is 0 Å². The van der Waals surface area contributed by atoms with E-state index in [1.54, 1.807) is 24.5 Å². The Labute approximate surface area is 133 Å². The van der Waals surface area contributed by atoms with Gasteiger partial charge >= 0.3 is 0 Å². The molecule has 7 nitrogen and oxygen atoms in total. The Balaban J connectivity index is 1.38. The summed E-state index contributed by atoms with van der Waals surface area (Å²) in [5.74, 6) is 0.615. The van der Waals surface area contributed by atoms with Crippen LogP contribution >= 0.6 is 0 Å². The molecule has 120 valence electrons. The molecule has 1 N–H and O–H groups in total. The van der Waals surface area contributed by atoms with Crippen LogP contribution in [0.3, 0.4) is 0 Å². The second-order valence-electron chi connectivity index (χ2n) is 6.10. The molecule has 0 bridgehead atoms. The van der Waals surface area contributed by atoms with Gasteiger partial charge in [-0.15, -0.1) is 0 Å². The van der Waals surface area contributed by atoms with Gasteiger partial charge in [0.05, 0.1) is 36.6 Å². The molecule has 0 aromatic carbocycles. The molecule has 0 saturated carbocycles. The summed E-state index contributed by atoms with van der Waals surface area (Å²) >= 11 is 0. The number of hydrogen-bond acceptors (Lipinski definition) is 6. The van der Waals surface area contributed by atoms with Gasteiger partial charge in [0.15, 0.2) is 0 Å². The zero-order chi connectivity index (χ0) is 15.7. The molecule has 2 aliphatic rings.